The molecule has 0 aliphatic carbocycles. The molecule has 0 fully saturated rings. The maximum atomic E-state index is 13.4. The van der Waals surface area contributed by atoms with Gasteiger partial charge in [-0.15, -0.1) is 5.10 Å². The van der Waals surface area contributed by atoms with Crippen LogP contribution in [0.15, 0.2) is 131 Å². The molecule has 8 rings (SSSR count). The number of H-pyrrole nitrogens is 1. The Balaban J connectivity index is 0.000000215. The first-order chi connectivity index (χ1) is 40.6. The summed E-state index contributed by atoms with van der Waals surface area (Å²) >= 11 is 35.6. The van der Waals surface area contributed by atoms with E-state index in [2.05, 4.69) is 44.4 Å². The van der Waals surface area contributed by atoms with Crippen molar-refractivity contribution in [3.8, 4) is 0 Å². The summed E-state index contributed by atoms with van der Waals surface area (Å²) in [7, 11) is -12.1. The summed E-state index contributed by atoms with van der Waals surface area (Å²) < 4.78 is 89.7. The fourth-order valence-electron chi connectivity index (χ4n) is 7.38. The highest BCUT2D eigenvalue weighted by molar-refractivity contribution is 7.93. The predicted molar refractivity (Wildman–Crippen MR) is 333 cm³/mol. The number of anilines is 5. The maximum Gasteiger partial charge on any atom is 0.435 e. The van der Waals surface area contributed by atoms with Gasteiger partial charge in [0, 0.05) is 65.1 Å². The summed E-state index contributed by atoms with van der Waals surface area (Å²) in [6.07, 6.45) is 5.78. The number of carbonyl (C=O) groups is 4. The van der Waals surface area contributed by atoms with Crippen LogP contribution in [0.2, 0.25) is 30.1 Å². The number of pyridine rings is 3. The average molecular weight is 1370 g/mol. The number of carboxylic acid groups (broad SMARTS) is 1. The second-order valence-corrected chi connectivity index (χ2v) is 26.7. The second kappa shape index (κ2) is 28.5. The van der Waals surface area contributed by atoms with Gasteiger partial charge in [-0.05, 0) is 145 Å². The summed E-state index contributed by atoms with van der Waals surface area (Å²) in [5, 5.41) is 21.4. The number of amides is 2. The third-order valence-electron chi connectivity index (χ3n) is 11.6. The van der Waals surface area contributed by atoms with Crippen molar-refractivity contribution in [2.75, 3.05) is 37.1 Å². The van der Waals surface area contributed by atoms with Gasteiger partial charge in [0.2, 0.25) is 0 Å². The Hall–Kier alpha value is -7.60. The number of nitrogens with zero attached hydrogens (tertiary/aromatic N) is 8. The second-order valence-electron chi connectivity index (χ2n) is 19.1. The number of ether oxygens (including phenoxy) is 1. The van der Waals surface area contributed by atoms with Gasteiger partial charge in [0.1, 0.15) is 11.4 Å². The third kappa shape index (κ3) is 17.8. The molecule has 5 N–H and O–H groups in total. The average Bonchev–Trinajstić information content (AvgIpc) is 1.68. The van der Waals surface area contributed by atoms with E-state index in [0.717, 1.165) is 10.9 Å². The van der Waals surface area contributed by atoms with Crippen LogP contribution in [0.4, 0.5) is 33.5 Å². The molecule has 0 aliphatic rings. The molecule has 0 unspecified atom stereocenters. The molecule has 87 heavy (non-hydrogen) atoms. The Kier molecular flexibility index (Phi) is 22.4. The molecule has 5 heterocycles. The number of aromatic nitrogens is 7. The zero-order chi connectivity index (χ0) is 64.5. The van der Waals surface area contributed by atoms with E-state index >= 15 is 0 Å². The van der Waals surface area contributed by atoms with Crippen molar-refractivity contribution in [1.82, 2.24) is 34.9 Å². The van der Waals surface area contributed by atoms with Gasteiger partial charge in [0.25, 0.3) is 41.9 Å². The Bertz CT molecular complexity index is 4270. The first-order valence-electron chi connectivity index (χ1n) is 25.1. The molecular weight excluding hydrogens is 1320 g/mol. The minimum atomic E-state index is -4.11. The summed E-state index contributed by atoms with van der Waals surface area (Å²) in [5.41, 5.74) is -0.103. The SMILES string of the molecule is CCN(C(=O)c1ncc(Cl)cc1NS(=O)(=O)c1ccc(Cl)c(C)c1)c1ccn(C(=O)OC(C)(C)C)n1.CCN(C(=O)c1ncc(Cl)cc1NS(=O)(=O)c1ccc(Cl)c(C)c1)c1ccn[nH]1.Cc1cc(S(=O)(=O)Nc2cc(Cl)cnc2C(=O)O)ccc1Cl. The maximum absolute atomic E-state index is 13.4. The number of aryl methyl sites for hydroxylation is 3. The Morgan fingerprint density at radius 1 is 0.575 bits per heavy atom. The Morgan fingerprint density at radius 2 is 0.954 bits per heavy atom. The lowest BCUT2D eigenvalue weighted by Crippen LogP contribution is -2.33. The van der Waals surface area contributed by atoms with E-state index < -0.39 is 65.2 Å². The molecule has 0 aliphatic heterocycles. The zero-order valence-electron chi connectivity index (χ0n) is 46.9. The van der Waals surface area contributed by atoms with Gasteiger partial charge >= 0.3 is 12.1 Å². The van der Waals surface area contributed by atoms with E-state index in [1.807, 2.05) is 0 Å². The normalized spacial score (nSPS) is 11.5. The number of halogens is 6. The Morgan fingerprint density at radius 3 is 1.30 bits per heavy atom. The first kappa shape index (κ1) is 68.5. The molecule has 5 aromatic heterocycles. The zero-order valence-corrected chi connectivity index (χ0v) is 53.9. The molecule has 0 atom stereocenters. The van der Waals surface area contributed by atoms with Gasteiger partial charge in [-0.2, -0.15) is 9.78 Å². The topological polar surface area (TPSA) is 328 Å². The van der Waals surface area contributed by atoms with Crippen LogP contribution in [0.25, 0.3) is 0 Å². The summed E-state index contributed by atoms with van der Waals surface area (Å²) in [6.45, 7) is 14.1. The van der Waals surface area contributed by atoms with Crippen LogP contribution >= 0.6 is 69.6 Å². The lowest BCUT2D eigenvalue weighted by molar-refractivity contribution is 0.0513. The van der Waals surface area contributed by atoms with E-state index in [1.54, 1.807) is 61.5 Å². The number of carboxylic acids is 1. The summed E-state index contributed by atoms with van der Waals surface area (Å²) in [6, 6.07) is 19.5. The smallest absolute Gasteiger partial charge is 0.435 e. The molecule has 24 nitrogen and oxygen atoms in total. The van der Waals surface area contributed by atoms with Crippen LogP contribution in [0, 0.1) is 20.8 Å². The van der Waals surface area contributed by atoms with Crippen LogP contribution in [0.1, 0.15) is 82.8 Å². The highest BCUT2D eigenvalue weighted by Gasteiger charge is 2.29. The highest BCUT2D eigenvalue weighted by atomic mass is 35.5. The quantitative estimate of drug-likeness (QED) is 0.0600. The molecule has 8 aromatic rings. The number of aromatic amines is 1. The standard InChI is InChI=1S/C23H25Cl2N5O5S.C18H17Cl2N5O3S.C13H10Cl2N2O4S/c1-6-29(19-9-10-30(27-19)22(32)35-23(3,4)5)21(31)20-18(12-15(24)13-26-20)28-36(33,34)16-7-8-17(25)14(2)11-16;1-3-25(16-6-7-22-23-16)18(26)17-15(9-12(19)10-21-17)24-29(27,28)13-4-5-14(20)11(2)8-13;1-7-4-9(2-3-10(7)15)22(20,21)17-11-5-8(14)6-16-12(11)13(18)19/h7-13,28H,6H2,1-5H3;4-10,24H,3H2,1-2H3,(H,22,23);2-6,17H,1H3,(H,18,19). The fourth-order valence-corrected chi connectivity index (χ4v) is 11.6. The summed E-state index contributed by atoms with van der Waals surface area (Å²) in [4.78, 5) is 64.2. The number of nitrogens with one attached hydrogen (secondary N) is 4. The highest BCUT2D eigenvalue weighted by Crippen LogP contribution is 2.30. The van der Waals surface area contributed by atoms with Gasteiger partial charge in [-0.3, -0.25) is 38.7 Å². The van der Waals surface area contributed by atoms with E-state index in [9.17, 15) is 44.4 Å². The lowest BCUT2D eigenvalue weighted by atomic mass is 10.2. The molecule has 0 radical (unpaired) electrons. The van der Waals surface area contributed by atoms with Crippen LogP contribution in [0.3, 0.4) is 0 Å². The third-order valence-corrected chi connectivity index (χ3v) is 17.5. The van der Waals surface area contributed by atoms with Crippen LogP contribution in [-0.4, -0.2) is 108 Å². The lowest BCUT2D eigenvalue weighted by Gasteiger charge is -2.20. The molecule has 2 amide bonds. The van der Waals surface area contributed by atoms with E-state index in [-0.39, 0.29) is 70.6 Å². The number of rotatable bonds is 16. The van der Waals surface area contributed by atoms with Crippen molar-refractivity contribution in [3.63, 3.8) is 0 Å². The van der Waals surface area contributed by atoms with E-state index in [1.165, 1.54) is 113 Å². The number of carbonyl (C=O) groups excluding carboxylic acids is 3. The first-order valence-corrected chi connectivity index (χ1v) is 31.9. The number of sulfonamides is 3. The van der Waals surface area contributed by atoms with Crippen molar-refractivity contribution >= 4 is 152 Å². The largest absolute Gasteiger partial charge is 0.476 e. The molecular formula is C54H52Cl6N12O12S3. The van der Waals surface area contributed by atoms with Gasteiger partial charge < -0.3 is 9.84 Å². The number of hydrogen-bond donors (Lipinski definition) is 5. The van der Waals surface area contributed by atoms with Crippen LogP contribution in [0.5, 0.6) is 0 Å². The van der Waals surface area contributed by atoms with Gasteiger partial charge in [-0.1, -0.05) is 69.6 Å². The van der Waals surface area contributed by atoms with Crippen molar-refractivity contribution in [1.29, 1.82) is 0 Å². The summed E-state index contributed by atoms with van der Waals surface area (Å²) in [5.74, 6) is -1.95. The molecule has 33 heteroatoms. The van der Waals surface area contributed by atoms with E-state index in [0.29, 0.717) is 44.1 Å². The minimum absolute atomic E-state index is 0.00121. The Labute approximate surface area is 530 Å². The van der Waals surface area contributed by atoms with Crippen molar-refractivity contribution in [3.05, 3.63) is 180 Å². The monoisotopic (exact) mass is 1370 g/mol. The molecule has 3 aromatic carbocycles. The number of aromatic carboxylic acids is 1. The van der Waals surface area contributed by atoms with Crippen LogP contribution < -0.4 is 24.0 Å². The molecule has 0 saturated heterocycles. The molecule has 0 bridgehead atoms. The van der Waals surface area contributed by atoms with Gasteiger partial charge in [0.05, 0.1) is 53.0 Å². The van der Waals surface area contributed by atoms with E-state index in [4.69, 9.17) is 79.4 Å². The van der Waals surface area contributed by atoms with Gasteiger partial charge in [-0.25, -0.2) is 49.8 Å². The van der Waals surface area contributed by atoms with Crippen molar-refractivity contribution in [2.45, 2.75) is 75.7 Å². The number of hydrogen-bond acceptors (Lipinski definition) is 16. The predicted octanol–water partition coefficient (Wildman–Crippen LogP) is 12.2. The number of benzene rings is 3. The minimum Gasteiger partial charge on any atom is -0.476 e. The van der Waals surface area contributed by atoms with Crippen LogP contribution in [-0.2, 0) is 34.8 Å². The molecule has 460 valence electrons. The molecule has 0 saturated carbocycles. The van der Waals surface area contributed by atoms with Crippen molar-refractivity contribution < 1.29 is 54.3 Å². The molecule has 0 spiro atoms. The van der Waals surface area contributed by atoms with Crippen molar-refractivity contribution in [2.24, 2.45) is 0 Å². The fraction of sp³-hybridized carbons (Fsp3) is 0.204. The van der Waals surface area contributed by atoms with Gasteiger partial charge in [0.15, 0.2) is 22.9 Å².